The molecule has 0 bridgehead atoms. The molecule has 96 valence electrons. The number of nitrogens with one attached hydrogen (secondary N) is 1. The molecule has 4 nitrogen and oxygen atoms in total. The van der Waals surface area contributed by atoms with Gasteiger partial charge in [-0.25, -0.2) is 0 Å². The van der Waals surface area contributed by atoms with Crippen molar-refractivity contribution in [2.24, 2.45) is 4.99 Å². The maximum absolute atomic E-state index is 11.6. The first-order valence-electron chi connectivity index (χ1n) is 5.20. The largest absolute Gasteiger partial charge is 0.483 e. The standard InChI is InChI=1S/C11H10BrClN2O2S/c12-8-5-7(13)1-2-9(8)17-6-10(16)15-11-14-3-4-18-11/h1-2,5H,3-4,6H2,(H,14,15,16). The van der Waals surface area contributed by atoms with Crippen molar-refractivity contribution in [3.05, 3.63) is 27.7 Å². The van der Waals surface area contributed by atoms with Crippen LogP contribution in [0.5, 0.6) is 5.75 Å². The smallest absolute Gasteiger partial charge is 0.263 e. The van der Waals surface area contributed by atoms with E-state index in [2.05, 4.69) is 26.2 Å². The molecule has 7 heteroatoms. The third-order valence-electron chi connectivity index (χ3n) is 2.08. The summed E-state index contributed by atoms with van der Waals surface area (Å²) in [5.74, 6) is 1.28. The lowest BCUT2D eigenvalue weighted by atomic mass is 10.3. The number of rotatable bonds is 3. The maximum atomic E-state index is 11.6. The van der Waals surface area contributed by atoms with E-state index in [-0.39, 0.29) is 12.5 Å². The minimum Gasteiger partial charge on any atom is -0.483 e. The van der Waals surface area contributed by atoms with E-state index in [9.17, 15) is 4.79 Å². The van der Waals surface area contributed by atoms with Gasteiger partial charge < -0.3 is 10.1 Å². The van der Waals surface area contributed by atoms with Crippen molar-refractivity contribution >= 4 is 50.4 Å². The minimum atomic E-state index is -0.218. The van der Waals surface area contributed by atoms with Crippen molar-refractivity contribution in [2.75, 3.05) is 18.9 Å². The van der Waals surface area contributed by atoms with Gasteiger partial charge in [0, 0.05) is 10.8 Å². The van der Waals surface area contributed by atoms with Crippen LogP contribution in [0.1, 0.15) is 0 Å². The van der Waals surface area contributed by atoms with Gasteiger partial charge in [-0.1, -0.05) is 23.4 Å². The number of hydrogen-bond acceptors (Lipinski definition) is 4. The maximum Gasteiger partial charge on any atom is 0.263 e. The number of halogens is 2. The Morgan fingerprint density at radius 3 is 3.11 bits per heavy atom. The number of ether oxygens (including phenoxy) is 1. The molecule has 1 amide bonds. The fourth-order valence-corrected chi connectivity index (χ4v) is 2.84. The quantitative estimate of drug-likeness (QED) is 0.913. The van der Waals surface area contributed by atoms with Crippen molar-refractivity contribution in [3.8, 4) is 5.75 Å². The van der Waals surface area contributed by atoms with Gasteiger partial charge in [0.2, 0.25) is 0 Å². The lowest BCUT2D eigenvalue weighted by molar-refractivity contribution is -0.121. The average molecular weight is 350 g/mol. The molecule has 0 radical (unpaired) electrons. The van der Waals surface area contributed by atoms with Gasteiger partial charge in [-0.3, -0.25) is 9.79 Å². The fraction of sp³-hybridized carbons (Fsp3) is 0.273. The number of thioether (sulfide) groups is 1. The number of aliphatic imine (C=N–C) groups is 1. The van der Waals surface area contributed by atoms with E-state index in [4.69, 9.17) is 16.3 Å². The van der Waals surface area contributed by atoms with E-state index in [0.29, 0.717) is 15.9 Å². The highest BCUT2D eigenvalue weighted by Gasteiger charge is 2.11. The number of carbonyl (C=O) groups is 1. The zero-order chi connectivity index (χ0) is 13.0. The molecule has 0 saturated carbocycles. The van der Waals surface area contributed by atoms with E-state index < -0.39 is 0 Å². The van der Waals surface area contributed by atoms with Crippen molar-refractivity contribution in [2.45, 2.75) is 0 Å². The Bertz CT molecular complexity index is 496. The molecule has 0 fully saturated rings. The Kier molecular flexibility index (Phi) is 4.91. The Labute approximate surface area is 122 Å². The zero-order valence-electron chi connectivity index (χ0n) is 9.28. The second-order valence-electron chi connectivity index (χ2n) is 3.45. The van der Waals surface area contributed by atoms with Crippen LogP contribution in [0, 0.1) is 0 Å². The lowest BCUT2D eigenvalue weighted by Gasteiger charge is -2.08. The van der Waals surface area contributed by atoms with Gasteiger partial charge >= 0.3 is 0 Å². The van der Waals surface area contributed by atoms with Gasteiger partial charge in [0.25, 0.3) is 5.91 Å². The highest BCUT2D eigenvalue weighted by atomic mass is 79.9. The lowest BCUT2D eigenvalue weighted by Crippen LogP contribution is -2.32. The topological polar surface area (TPSA) is 50.7 Å². The van der Waals surface area contributed by atoms with E-state index in [1.165, 1.54) is 11.8 Å². The Hall–Kier alpha value is -0.720. The number of carbonyl (C=O) groups excluding carboxylic acids is 1. The van der Waals surface area contributed by atoms with Crippen LogP contribution in [0.3, 0.4) is 0 Å². The fourth-order valence-electron chi connectivity index (χ4n) is 1.30. The molecule has 1 N–H and O–H groups in total. The minimum absolute atomic E-state index is 0.0557. The van der Waals surface area contributed by atoms with Crippen LogP contribution in [0.2, 0.25) is 5.02 Å². The number of benzene rings is 1. The van der Waals surface area contributed by atoms with Gasteiger partial charge in [0.1, 0.15) is 5.75 Å². The van der Waals surface area contributed by atoms with Gasteiger partial charge in [-0.2, -0.15) is 0 Å². The predicted octanol–water partition coefficient (Wildman–Crippen LogP) is 2.70. The molecule has 1 aliphatic heterocycles. The van der Waals surface area contributed by atoms with Crippen LogP contribution in [0.15, 0.2) is 27.7 Å². The third-order valence-corrected chi connectivity index (χ3v) is 3.83. The molecule has 0 unspecified atom stereocenters. The molecule has 1 aliphatic rings. The van der Waals surface area contributed by atoms with Crippen molar-refractivity contribution in [1.29, 1.82) is 0 Å². The number of nitrogens with zero attached hydrogens (tertiary/aromatic N) is 1. The number of hydrogen-bond donors (Lipinski definition) is 1. The highest BCUT2D eigenvalue weighted by Crippen LogP contribution is 2.27. The van der Waals surface area contributed by atoms with Gasteiger partial charge in [0.15, 0.2) is 11.8 Å². The van der Waals surface area contributed by atoms with Gasteiger partial charge in [0.05, 0.1) is 11.0 Å². The molecule has 18 heavy (non-hydrogen) atoms. The summed E-state index contributed by atoms with van der Waals surface area (Å²) >= 11 is 10.7. The summed E-state index contributed by atoms with van der Waals surface area (Å²) in [5, 5.41) is 3.96. The van der Waals surface area contributed by atoms with E-state index >= 15 is 0 Å². The number of amides is 1. The Balaban J connectivity index is 1.85. The van der Waals surface area contributed by atoms with Crippen molar-refractivity contribution in [3.63, 3.8) is 0 Å². The Morgan fingerprint density at radius 2 is 2.44 bits per heavy atom. The molecule has 0 spiro atoms. The third kappa shape index (κ3) is 3.90. The van der Waals surface area contributed by atoms with Gasteiger partial charge in [-0.15, -0.1) is 0 Å². The summed E-state index contributed by atoms with van der Waals surface area (Å²) in [6.45, 7) is 0.698. The molecule has 0 saturated heterocycles. The second kappa shape index (κ2) is 6.45. The molecule has 0 atom stereocenters. The summed E-state index contributed by atoms with van der Waals surface area (Å²) in [6.07, 6.45) is 0. The normalized spacial score (nSPS) is 14.2. The molecule has 1 aromatic carbocycles. The van der Waals surface area contributed by atoms with Crippen LogP contribution in [0.25, 0.3) is 0 Å². The van der Waals surface area contributed by atoms with Crippen LogP contribution >= 0.6 is 39.3 Å². The first-order valence-corrected chi connectivity index (χ1v) is 7.36. The molecule has 1 heterocycles. The summed E-state index contributed by atoms with van der Waals surface area (Å²) < 4.78 is 6.10. The van der Waals surface area contributed by atoms with Crippen LogP contribution in [0.4, 0.5) is 0 Å². The van der Waals surface area contributed by atoms with Crippen LogP contribution < -0.4 is 10.1 Å². The van der Waals surface area contributed by atoms with Crippen molar-refractivity contribution in [1.82, 2.24) is 5.32 Å². The monoisotopic (exact) mass is 348 g/mol. The SMILES string of the molecule is O=C(COc1ccc(Cl)cc1Br)NC1=NCCS1. The molecular weight excluding hydrogens is 340 g/mol. The molecular formula is C11H10BrClN2O2S. The van der Waals surface area contributed by atoms with E-state index in [1.807, 2.05) is 0 Å². The van der Waals surface area contributed by atoms with Crippen LogP contribution in [-0.4, -0.2) is 30.0 Å². The number of amidine groups is 1. The van der Waals surface area contributed by atoms with E-state index in [1.54, 1.807) is 18.2 Å². The van der Waals surface area contributed by atoms with E-state index in [0.717, 1.165) is 16.8 Å². The zero-order valence-corrected chi connectivity index (χ0v) is 12.4. The highest BCUT2D eigenvalue weighted by molar-refractivity contribution is 9.10. The summed E-state index contributed by atoms with van der Waals surface area (Å²) in [7, 11) is 0. The van der Waals surface area contributed by atoms with Crippen molar-refractivity contribution < 1.29 is 9.53 Å². The molecule has 0 aliphatic carbocycles. The van der Waals surface area contributed by atoms with Gasteiger partial charge in [-0.05, 0) is 34.1 Å². The first-order chi connectivity index (χ1) is 8.65. The summed E-state index contributed by atoms with van der Waals surface area (Å²) in [5.41, 5.74) is 0. The molecule has 0 aromatic heterocycles. The summed E-state index contributed by atoms with van der Waals surface area (Å²) in [6, 6.07) is 5.13. The average Bonchev–Trinajstić information content (AvgIpc) is 2.80. The first kappa shape index (κ1) is 13.7. The second-order valence-corrected chi connectivity index (χ2v) is 5.82. The predicted molar refractivity (Wildman–Crippen MR) is 77.5 cm³/mol. The molecule has 1 aromatic rings. The molecule has 2 rings (SSSR count). The van der Waals surface area contributed by atoms with Crippen LogP contribution in [-0.2, 0) is 4.79 Å². The Morgan fingerprint density at radius 1 is 1.61 bits per heavy atom. The summed E-state index contributed by atoms with van der Waals surface area (Å²) in [4.78, 5) is 15.7.